The summed E-state index contributed by atoms with van der Waals surface area (Å²) in [5.41, 5.74) is 0. The van der Waals surface area contributed by atoms with E-state index in [4.69, 9.17) is 9.79 Å². The normalized spacial score (nSPS) is 11.7. The smallest absolute Gasteiger partial charge is 0.362 e. The first-order chi connectivity index (χ1) is 4.83. The number of ether oxygens (including phenoxy) is 1. The highest BCUT2D eigenvalue weighted by Crippen LogP contribution is 2.34. The minimum Gasteiger partial charge on any atom is -0.452 e. The number of hydrogen-bond acceptors (Lipinski definition) is 3. The summed E-state index contributed by atoms with van der Waals surface area (Å²) in [5, 5.41) is 0. The molecule has 0 unspecified atom stereocenters. The number of hydrogen-bond donors (Lipinski definition) is 2. The van der Waals surface area contributed by atoms with Gasteiger partial charge in [-0.05, 0) is 0 Å². The highest BCUT2D eigenvalue weighted by molar-refractivity contribution is 7.51. The van der Waals surface area contributed by atoms with Gasteiger partial charge in [-0.15, -0.1) is 0 Å². The van der Waals surface area contributed by atoms with Crippen molar-refractivity contribution in [3.63, 3.8) is 0 Å². The number of carbonyl (C=O) groups excluding carboxylic acids is 1. The highest BCUT2D eigenvalue weighted by atomic mass is 31.2. The Bertz CT molecular complexity index is 181. The van der Waals surface area contributed by atoms with E-state index in [0.29, 0.717) is 0 Å². The summed E-state index contributed by atoms with van der Waals surface area (Å²) < 4.78 is 14.4. The quantitative estimate of drug-likeness (QED) is 0.485. The molecule has 0 atom stereocenters. The Kier molecular flexibility index (Phi) is 3.72. The molecule has 0 heterocycles. The zero-order valence-corrected chi connectivity index (χ0v) is 7.25. The van der Waals surface area contributed by atoms with E-state index in [1.807, 2.05) is 0 Å². The maximum absolute atomic E-state index is 10.6. The van der Waals surface area contributed by atoms with Gasteiger partial charge in [-0.2, -0.15) is 0 Å². The third-order valence-electron chi connectivity index (χ3n) is 0.846. The van der Waals surface area contributed by atoms with Crippen molar-refractivity contribution in [3.8, 4) is 0 Å². The van der Waals surface area contributed by atoms with E-state index in [1.54, 1.807) is 13.8 Å². The van der Waals surface area contributed by atoms with E-state index in [9.17, 15) is 9.36 Å². The summed E-state index contributed by atoms with van der Waals surface area (Å²) in [5.74, 6) is -0.963. The van der Waals surface area contributed by atoms with Gasteiger partial charge < -0.3 is 14.5 Å². The minimum atomic E-state index is -4.20. The molecule has 0 aliphatic carbocycles. The lowest BCUT2D eigenvalue weighted by molar-refractivity contribution is -0.145. The van der Waals surface area contributed by atoms with Crippen LogP contribution in [0.4, 0.5) is 0 Å². The molecule has 0 aliphatic rings. The Morgan fingerprint density at radius 3 is 2.27 bits per heavy atom. The van der Waals surface area contributed by atoms with E-state index in [2.05, 4.69) is 4.74 Å². The monoisotopic (exact) mass is 182 g/mol. The van der Waals surface area contributed by atoms with Crippen molar-refractivity contribution in [2.24, 2.45) is 5.92 Å². The zero-order valence-electron chi connectivity index (χ0n) is 6.35. The molecule has 6 heteroatoms. The van der Waals surface area contributed by atoms with Crippen LogP contribution in [0.2, 0.25) is 0 Å². The molecular weight excluding hydrogens is 171 g/mol. The second-order valence-corrected chi connectivity index (χ2v) is 4.00. The van der Waals surface area contributed by atoms with E-state index in [1.165, 1.54) is 0 Å². The fourth-order valence-electron chi connectivity index (χ4n) is 0.314. The van der Waals surface area contributed by atoms with Gasteiger partial charge in [0.25, 0.3) is 0 Å². The van der Waals surface area contributed by atoms with Crippen LogP contribution in [-0.2, 0) is 14.1 Å². The second kappa shape index (κ2) is 3.85. The van der Waals surface area contributed by atoms with Gasteiger partial charge in [0.15, 0.2) is 6.35 Å². The molecule has 2 N–H and O–H groups in total. The van der Waals surface area contributed by atoms with Crippen molar-refractivity contribution in [1.29, 1.82) is 0 Å². The molecule has 66 valence electrons. The number of carbonyl (C=O) groups is 1. The SMILES string of the molecule is CC(C)C(=O)OCP(=O)(O)O. The molecule has 5 nitrogen and oxygen atoms in total. The van der Waals surface area contributed by atoms with Crippen LogP contribution in [0.3, 0.4) is 0 Å². The Hall–Kier alpha value is -0.380. The van der Waals surface area contributed by atoms with Crippen LogP contribution in [0.25, 0.3) is 0 Å². The van der Waals surface area contributed by atoms with E-state index < -0.39 is 19.9 Å². The lowest BCUT2D eigenvalue weighted by Crippen LogP contribution is -2.12. The van der Waals surface area contributed by atoms with Crippen LogP contribution in [0.1, 0.15) is 13.8 Å². The third-order valence-corrected chi connectivity index (χ3v) is 1.31. The predicted molar refractivity (Wildman–Crippen MR) is 37.8 cm³/mol. The molecule has 0 spiro atoms. The standard InChI is InChI=1S/C5H11O5P/c1-4(2)5(6)10-3-11(7,8)9/h4H,3H2,1-2H3,(H2,7,8,9). The summed E-state index contributed by atoms with van der Waals surface area (Å²) in [6, 6.07) is 0. The van der Waals surface area contributed by atoms with Crippen molar-refractivity contribution in [1.82, 2.24) is 0 Å². The Morgan fingerprint density at radius 1 is 1.55 bits per heavy atom. The van der Waals surface area contributed by atoms with E-state index >= 15 is 0 Å². The first-order valence-electron chi connectivity index (χ1n) is 3.04. The average Bonchev–Trinajstić information content (AvgIpc) is 1.80. The minimum absolute atomic E-state index is 0.360. The van der Waals surface area contributed by atoms with Gasteiger partial charge in [0.2, 0.25) is 0 Å². The van der Waals surface area contributed by atoms with Crippen LogP contribution in [-0.4, -0.2) is 22.1 Å². The maximum atomic E-state index is 10.6. The van der Waals surface area contributed by atoms with Gasteiger partial charge in [0.05, 0.1) is 5.92 Å². The maximum Gasteiger partial charge on any atom is 0.362 e. The van der Waals surface area contributed by atoms with Crippen molar-refractivity contribution in [2.75, 3.05) is 6.35 Å². The number of rotatable bonds is 3. The third kappa shape index (κ3) is 6.04. The molecule has 11 heavy (non-hydrogen) atoms. The topological polar surface area (TPSA) is 83.8 Å². The number of esters is 1. The molecule has 0 saturated heterocycles. The van der Waals surface area contributed by atoms with Gasteiger partial charge in [-0.3, -0.25) is 9.36 Å². The molecule has 0 aliphatic heterocycles. The molecule has 0 rings (SSSR count). The molecule has 0 aromatic carbocycles. The molecule has 0 aromatic rings. The first-order valence-corrected chi connectivity index (χ1v) is 4.84. The van der Waals surface area contributed by atoms with Crippen molar-refractivity contribution < 1.29 is 23.9 Å². The fraction of sp³-hybridized carbons (Fsp3) is 0.800. The Balaban J connectivity index is 3.73. The molecule has 0 amide bonds. The summed E-state index contributed by atoms with van der Waals surface area (Å²) in [6.45, 7) is 3.17. The average molecular weight is 182 g/mol. The van der Waals surface area contributed by atoms with E-state index in [-0.39, 0.29) is 5.92 Å². The van der Waals surface area contributed by atoms with Gasteiger partial charge in [0.1, 0.15) is 0 Å². The predicted octanol–water partition coefficient (Wildman–Crippen LogP) is 0.321. The lowest BCUT2D eigenvalue weighted by Gasteiger charge is -2.07. The van der Waals surface area contributed by atoms with E-state index in [0.717, 1.165) is 0 Å². The van der Waals surface area contributed by atoms with Crippen LogP contribution in [0, 0.1) is 5.92 Å². The summed E-state index contributed by atoms with van der Waals surface area (Å²) >= 11 is 0. The van der Waals surface area contributed by atoms with Crippen molar-refractivity contribution >= 4 is 13.6 Å². The van der Waals surface area contributed by atoms with Crippen LogP contribution >= 0.6 is 7.60 Å². The van der Waals surface area contributed by atoms with Gasteiger partial charge in [-0.25, -0.2) is 0 Å². The van der Waals surface area contributed by atoms with Crippen LogP contribution in [0.5, 0.6) is 0 Å². The van der Waals surface area contributed by atoms with Gasteiger partial charge >= 0.3 is 13.6 Å². The zero-order chi connectivity index (χ0) is 9.07. The lowest BCUT2D eigenvalue weighted by atomic mass is 10.2. The Labute approximate surface area is 64.5 Å². The highest BCUT2D eigenvalue weighted by Gasteiger charge is 2.17. The summed E-state index contributed by atoms with van der Waals surface area (Å²) in [6.07, 6.45) is -0.829. The Morgan fingerprint density at radius 2 is 2.00 bits per heavy atom. The largest absolute Gasteiger partial charge is 0.452 e. The van der Waals surface area contributed by atoms with Crippen molar-refractivity contribution in [2.45, 2.75) is 13.8 Å². The molecule has 0 aromatic heterocycles. The van der Waals surface area contributed by atoms with Gasteiger partial charge in [0, 0.05) is 0 Å². The van der Waals surface area contributed by atoms with Crippen molar-refractivity contribution in [3.05, 3.63) is 0 Å². The first kappa shape index (κ1) is 10.6. The summed E-state index contributed by atoms with van der Waals surface area (Å²) in [4.78, 5) is 27.2. The molecular formula is C5H11O5P. The molecule has 0 bridgehead atoms. The molecule has 0 radical (unpaired) electrons. The van der Waals surface area contributed by atoms with Gasteiger partial charge in [-0.1, -0.05) is 13.8 Å². The molecule has 0 saturated carbocycles. The fourth-order valence-corrected chi connectivity index (χ4v) is 0.610. The van der Waals surface area contributed by atoms with Crippen LogP contribution < -0.4 is 0 Å². The second-order valence-electron chi connectivity index (χ2n) is 2.41. The van der Waals surface area contributed by atoms with Crippen LogP contribution in [0.15, 0.2) is 0 Å². The molecule has 0 fully saturated rings. The summed E-state index contributed by atoms with van der Waals surface area (Å²) in [7, 11) is -4.20.